The van der Waals surface area contributed by atoms with Gasteiger partial charge in [-0.1, -0.05) is 48.5 Å². The van der Waals surface area contributed by atoms with E-state index in [-0.39, 0.29) is 5.91 Å². The molecule has 0 bridgehead atoms. The largest absolute Gasteiger partial charge is 0.493 e. The molecule has 0 aliphatic carbocycles. The van der Waals surface area contributed by atoms with Crippen LogP contribution in [-0.2, 0) is 6.42 Å². The fourth-order valence-corrected chi connectivity index (χ4v) is 3.02. The molecule has 0 unspecified atom stereocenters. The molecule has 0 atom stereocenters. The smallest absolute Gasteiger partial charge is 0.255 e. The maximum atomic E-state index is 12.9. The normalized spacial score (nSPS) is 10.2. The summed E-state index contributed by atoms with van der Waals surface area (Å²) in [6.07, 6.45) is 0.729. The summed E-state index contributed by atoms with van der Waals surface area (Å²) >= 11 is 0. The Labute approximate surface area is 164 Å². The van der Waals surface area contributed by atoms with Crippen LogP contribution in [0.3, 0.4) is 0 Å². The molecule has 0 aliphatic heterocycles. The molecule has 0 heterocycles. The first-order valence-electron chi connectivity index (χ1n) is 8.89. The van der Waals surface area contributed by atoms with Gasteiger partial charge in [0.2, 0.25) is 5.75 Å². The van der Waals surface area contributed by atoms with Crippen LogP contribution in [0, 0.1) is 0 Å². The summed E-state index contributed by atoms with van der Waals surface area (Å²) in [5.74, 6) is 1.07. The van der Waals surface area contributed by atoms with E-state index in [1.54, 1.807) is 12.1 Å². The second-order valence-corrected chi connectivity index (χ2v) is 6.19. The van der Waals surface area contributed by atoms with Gasteiger partial charge in [-0.2, -0.15) is 0 Å². The highest BCUT2D eigenvalue weighted by atomic mass is 16.5. The van der Waals surface area contributed by atoms with Crippen LogP contribution in [0.4, 0.5) is 5.69 Å². The van der Waals surface area contributed by atoms with Gasteiger partial charge in [-0.25, -0.2) is 0 Å². The molecule has 1 N–H and O–H groups in total. The molecule has 0 radical (unpaired) electrons. The second kappa shape index (κ2) is 8.95. The molecule has 3 aromatic carbocycles. The van der Waals surface area contributed by atoms with Crippen LogP contribution in [0.2, 0.25) is 0 Å². The van der Waals surface area contributed by atoms with Gasteiger partial charge in [0.05, 0.1) is 21.3 Å². The van der Waals surface area contributed by atoms with Gasteiger partial charge in [0, 0.05) is 11.3 Å². The molecule has 1 amide bonds. The van der Waals surface area contributed by atoms with Crippen LogP contribution in [0.15, 0.2) is 66.7 Å². The highest BCUT2D eigenvalue weighted by molar-refractivity contribution is 6.05. The van der Waals surface area contributed by atoms with Crippen molar-refractivity contribution < 1.29 is 19.0 Å². The third-order valence-corrected chi connectivity index (χ3v) is 4.43. The number of amides is 1. The molecular formula is C23H23NO4. The van der Waals surface area contributed by atoms with E-state index in [4.69, 9.17) is 14.2 Å². The third-order valence-electron chi connectivity index (χ3n) is 4.43. The van der Waals surface area contributed by atoms with Crippen molar-refractivity contribution in [1.82, 2.24) is 0 Å². The zero-order chi connectivity index (χ0) is 19.9. The summed E-state index contributed by atoms with van der Waals surface area (Å²) in [4.78, 5) is 12.9. The maximum absolute atomic E-state index is 12.9. The van der Waals surface area contributed by atoms with Gasteiger partial charge in [-0.05, 0) is 35.7 Å². The Morgan fingerprint density at radius 2 is 1.43 bits per heavy atom. The van der Waals surface area contributed by atoms with E-state index >= 15 is 0 Å². The lowest BCUT2D eigenvalue weighted by atomic mass is 10.0. The van der Waals surface area contributed by atoms with E-state index in [0.717, 1.165) is 17.7 Å². The van der Waals surface area contributed by atoms with Crippen LogP contribution >= 0.6 is 0 Å². The van der Waals surface area contributed by atoms with Crippen LogP contribution in [0.25, 0.3) is 0 Å². The Balaban J connectivity index is 1.88. The molecule has 0 saturated heterocycles. The van der Waals surface area contributed by atoms with E-state index in [1.165, 1.54) is 26.9 Å². The Bertz CT molecular complexity index is 929. The summed E-state index contributed by atoms with van der Waals surface area (Å²) in [5, 5.41) is 3.00. The highest BCUT2D eigenvalue weighted by Gasteiger charge is 2.17. The van der Waals surface area contributed by atoms with Gasteiger partial charge < -0.3 is 19.5 Å². The number of hydrogen-bond acceptors (Lipinski definition) is 4. The number of carbonyl (C=O) groups excluding carboxylic acids is 1. The molecule has 0 fully saturated rings. The lowest BCUT2D eigenvalue weighted by Gasteiger charge is -2.15. The Hall–Kier alpha value is -3.47. The van der Waals surface area contributed by atoms with Gasteiger partial charge in [0.1, 0.15) is 0 Å². The molecule has 0 aliphatic rings. The fraction of sp³-hybridized carbons (Fsp3) is 0.174. The first-order valence-corrected chi connectivity index (χ1v) is 8.89. The van der Waals surface area contributed by atoms with Crippen LogP contribution in [0.5, 0.6) is 17.2 Å². The number of hydrogen-bond donors (Lipinski definition) is 1. The topological polar surface area (TPSA) is 56.8 Å². The van der Waals surface area contributed by atoms with E-state index < -0.39 is 0 Å². The van der Waals surface area contributed by atoms with E-state index in [2.05, 4.69) is 17.4 Å². The first kappa shape index (κ1) is 19.3. The number of benzene rings is 3. The Morgan fingerprint density at radius 1 is 0.821 bits per heavy atom. The van der Waals surface area contributed by atoms with Crippen molar-refractivity contribution in [3.05, 3.63) is 83.4 Å². The molecule has 144 valence electrons. The van der Waals surface area contributed by atoms with Gasteiger partial charge in [-0.15, -0.1) is 0 Å². The summed E-state index contributed by atoms with van der Waals surface area (Å²) in [7, 11) is 4.57. The first-order chi connectivity index (χ1) is 13.7. The average Bonchev–Trinajstić information content (AvgIpc) is 2.74. The lowest BCUT2D eigenvalue weighted by Crippen LogP contribution is -2.14. The predicted molar refractivity (Wildman–Crippen MR) is 110 cm³/mol. The fourth-order valence-electron chi connectivity index (χ4n) is 3.02. The SMILES string of the molecule is COc1cc(C(=O)Nc2ccccc2Cc2ccccc2)cc(OC)c1OC. The van der Waals surface area contributed by atoms with Gasteiger partial charge >= 0.3 is 0 Å². The zero-order valence-corrected chi connectivity index (χ0v) is 16.2. The van der Waals surface area contributed by atoms with Crippen molar-refractivity contribution in [2.24, 2.45) is 0 Å². The van der Waals surface area contributed by atoms with Crippen LogP contribution in [0.1, 0.15) is 21.5 Å². The van der Waals surface area contributed by atoms with E-state index in [1.807, 2.05) is 42.5 Å². The minimum atomic E-state index is -0.250. The zero-order valence-electron chi connectivity index (χ0n) is 16.2. The quantitative estimate of drug-likeness (QED) is 0.656. The van der Waals surface area contributed by atoms with Gasteiger partial charge in [0.25, 0.3) is 5.91 Å². The predicted octanol–water partition coefficient (Wildman–Crippen LogP) is 4.56. The van der Waals surface area contributed by atoms with Gasteiger partial charge in [0.15, 0.2) is 11.5 Å². The van der Waals surface area contributed by atoms with Crippen molar-refractivity contribution in [3.63, 3.8) is 0 Å². The number of rotatable bonds is 7. The summed E-state index contributed by atoms with van der Waals surface area (Å²) < 4.78 is 16.0. The van der Waals surface area contributed by atoms with Crippen molar-refractivity contribution in [2.45, 2.75) is 6.42 Å². The minimum absolute atomic E-state index is 0.250. The standard InChI is InChI=1S/C23H23NO4/c1-26-20-14-18(15-21(27-2)22(20)28-3)23(25)24-19-12-8-7-11-17(19)13-16-9-5-4-6-10-16/h4-12,14-15H,13H2,1-3H3,(H,24,25). The maximum Gasteiger partial charge on any atom is 0.255 e. The third kappa shape index (κ3) is 4.26. The summed E-state index contributed by atoms with van der Waals surface area (Å²) in [6, 6.07) is 21.2. The number of anilines is 1. The molecular weight excluding hydrogens is 354 g/mol. The Morgan fingerprint density at radius 3 is 2.04 bits per heavy atom. The van der Waals surface area contributed by atoms with Gasteiger partial charge in [-0.3, -0.25) is 4.79 Å². The number of para-hydroxylation sites is 1. The molecule has 3 rings (SSSR count). The monoisotopic (exact) mass is 377 g/mol. The summed E-state index contributed by atoms with van der Waals surface area (Å²) in [5.41, 5.74) is 3.40. The van der Waals surface area contributed by atoms with Crippen molar-refractivity contribution in [2.75, 3.05) is 26.6 Å². The second-order valence-electron chi connectivity index (χ2n) is 6.19. The van der Waals surface area contributed by atoms with E-state index in [9.17, 15) is 4.79 Å². The van der Waals surface area contributed by atoms with Crippen molar-refractivity contribution in [3.8, 4) is 17.2 Å². The number of ether oxygens (including phenoxy) is 3. The highest BCUT2D eigenvalue weighted by Crippen LogP contribution is 2.38. The minimum Gasteiger partial charge on any atom is -0.493 e. The number of nitrogens with one attached hydrogen (secondary N) is 1. The number of methoxy groups -OCH3 is 3. The van der Waals surface area contributed by atoms with Crippen LogP contribution in [-0.4, -0.2) is 27.2 Å². The molecule has 5 heteroatoms. The van der Waals surface area contributed by atoms with Crippen molar-refractivity contribution >= 4 is 11.6 Å². The molecule has 5 nitrogen and oxygen atoms in total. The van der Waals surface area contributed by atoms with Crippen molar-refractivity contribution in [1.29, 1.82) is 0 Å². The molecule has 0 spiro atoms. The number of carbonyl (C=O) groups is 1. The average molecular weight is 377 g/mol. The Kier molecular flexibility index (Phi) is 6.17. The molecule has 0 saturated carbocycles. The van der Waals surface area contributed by atoms with E-state index in [0.29, 0.717) is 22.8 Å². The molecule has 0 aromatic heterocycles. The van der Waals surface area contributed by atoms with Crippen LogP contribution < -0.4 is 19.5 Å². The summed E-state index contributed by atoms with van der Waals surface area (Å²) in [6.45, 7) is 0. The lowest BCUT2D eigenvalue weighted by molar-refractivity contribution is 0.102. The molecule has 3 aromatic rings. The molecule has 28 heavy (non-hydrogen) atoms.